The van der Waals surface area contributed by atoms with E-state index in [0.717, 1.165) is 11.1 Å². The molecule has 2 amide bonds. The fourth-order valence-corrected chi connectivity index (χ4v) is 6.97. The summed E-state index contributed by atoms with van der Waals surface area (Å²) in [6, 6.07) is 16.1. The highest BCUT2D eigenvalue weighted by Gasteiger charge is 2.66. The van der Waals surface area contributed by atoms with Crippen LogP contribution >= 0.6 is 11.3 Å². The number of ketones is 1. The van der Waals surface area contributed by atoms with Gasteiger partial charge in [-0.2, -0.15) is 0 Å². The summed E-state index contributed by atoms with van der Waals surface area (Å²) in [4.78, 5) is 43.7. The van der Waals surface area contributed by atoms with Gasteiger partial charge < -0.3 is 14.8 Å². The summed E-state index contributed by atoms with van der Waals surface area (Å²) in [5, 5.41) is 15.4. The van der Waals surface area contributed by atoms with Crippen LogP contribution < -0.4 is 5.32 Å². The fourth-order valence-electron chi connectivity index (χ4n) is 5.78. The van der Waals surface area contributed by atoms with Gasteiger partial charge in [0, 0.05) is 16.5 Å². The quantitative estimate of drug-likeness (QED) is 0.245. The largest absolute Gasteiger partial charge is 0.479 e. The monoisotopic (exact) mass is 560 g/mol. The van der Waals surface area contributed by atoms with Gasteiger partial charge in [-0.3, -0.25) is 9.69 Å². The normalized spacial score (nSPS) is 22.3. The number of hydrogen-bond acceptors (Lipinski definition) is 5. The van der Waals surface area contributed by atoms with Crippen molar-refractivity contribution in [1.29, 1.82) is 0 Å². The summed E-state index contributed by atoms with van der Waals surface area (Å²) in [5.41, 5.74) is 0.808. The van der Waals surface area contributed by atoms with Gasteiger partial charge in [-0.05, 0) is 86.7 Å². The molecule has 1 aliphatic rings. The molecule has 0 radical (unpaired) electrons. The Morgan fingerprint density at radius 2 is 1.75 bits per heavy atom. The molecule has 0 bridgehead atoms. The Hall–Kier alpha value is -4.24. The minimum Gasteiger partial charge on any atom is -0.479 e. The first kappa shape index (κ1) is 27.3. The molecule has 0 spiro atoms. The molecule has 2 aromatic carbocycles. The number of likely N-dealkylation sites (tertiary alicyclic amines) is 1. The number of amides is 2. The van der Waals surface area contributed by atoms with Crippen LogP contribution in [0.25, 0.3) is 0 Å². The first-order valence-corrected chi connectivity index (χ1v) is 13.7. The van der Waals surface area contributed by atoms with E-state index < -0.39 is 41.2 Å². The Balaban J connectivity index is 1.76. The maximum absolute atomic E-state index is 14.3. The predicted molar refractivity (Wildman–Crippen MR) is 150 cm³/mol. The Morgan fingerprint density at radius 1 is 1.02 bits per heavy atom. The molecule has 1 fully saturated rings. The standard InChI is InChI=1S/C31H29FN2O5S/c1-17-6-5-7-20(16-17)26-24(27(35)23-13-8-19(3)39-23)25(28-18(2)14-15-40-28)31(4,29(36)37)34(26)30(38)33-22-11-9-21(32)10-12-22/h5-16,24-26H,1-4H3,(H,33,38)(H,36,37). The van der Waals surface area contributed by atoms with Crippen molar-refractivity contribution in [1.82, 2.24) is 4.90 Å². The fraction of sp³-hybridized carbons (Fsp3) is 0.258. The van der Waals surface area contributed by atoms with Crippen molar-refractivity contribution in [2.75, 3.05) is 5.32 Å². The molecule has 2 N–H and O–H groups in total. The predicted octanol–water partition coefficient (Wildman–Crippen LogP) is 7.12. The van der Waals surface area contributed by atoms with E-state index in [1.807, 2.05) is 43.5 Å². The maximum atomic E-state index is 14.3. The number of carbonyl (C=O) groups excluding carboxylic acids is 2. The number of nitrogens with zero attached hydrogens (tertiary/aromatic N) is 1. The number of hydrogen-bond donors (Lipinski definition) is 2. The first-order valence-electron chi connectivity index (χ1n) is 12.8. The molecule has 4 unspecified atom stereocenters. The van der Waals surface area contributed by atoms with E-state index in [4.69, 9.17) is 4.42 Å². The van der Waals surface area contributed by atoms with Gasteiger partial charge >= 0.3 is 12.0 Å². The van der Waals surface area contributed by atoms with Crippen LogP contribution in [-0.2, 0) is 4.79 Å². The lowest BCUT2D eigenvalue weighted by Crippen LogP contribution is -2.55. The number of halogens is 1. The van der Waals surface area contributed by atoms with Gasteiger partial charge in [-0.15, -0.1) is 11.3 Å². The van der Waals surface area contributed by atoms with Crippen molar-refractivity contribution in [3.05, 3.63) is 111 Å². The molecule has 40 heavy (non-hydrogen) atoms. The average molecular weight is 561 g/mol. The summed E-state index contributed by atoms with van der Waals surface area (Å²) in [7, 11) is 0. The van der Waals surface area contributed by atoms with Crippen LogP contribution in [0.4, 0.5) is 14.9 Å². The molecule has 2 aromatic heterocycles. The summed E-state index contributed by atoms with van der Waals surface area (Å²) in [6.45, 7) is 6.99. The molecule has 9 heteroatoms. The molecule has 1 aliphatic heterocycles. The average Bonchev–Trinajstić information content (AvgIpc) is 3.60. The van der Waals surface area contributed by atoms with Crippen molar-refractivity contribution in [2.24, 2.45) is 5.92 Å². The second-order valence-corrected chi connectivity index (χ2v) is 11.3. The zero-order valence-corrected chi connectivity index (χ0v) is 23.3. The van der Waals surface area contributed by atoms with Crippen molar-refractivity contribution >= 4 is 34.8 Å². The Morgan fingerprint density at radius 3 is 2.33 bits per heavy atom. The zero-order valence-electron chi connectivity index (χ0n) is 22.5. The number of nitrogens with one attached hydrogen (secondary N) is 1. The highest BCUT2D eigenvalue weighted by atomic mass is 32.1. The van der Waals surface area contributed by atoms with Crippen LogP contribution in [0.3, 0.4) is 0 Å². The summed E-state index contributed by atoms with van der Waals surface area (Å²) >= 11 is 1.36. The van der Waals surface area contributed by atoms with Gasteiger partial charge in [-0.1, -0.05) is 29.8 Å². The summed E-state index contributed by atoms with van der Waals surface area (Å²) in [6.07, 6.45) is 0. The SMILES string of the molecule is Cc1cccc(C2C(C(=O)c3ccc(C)o3)C(c3sccc3C)C(C)(C(=O)O)N2C(=O)Nc2ccc(F)cc2)c1. The van der Waals surface area contributed by atoms with Crippen molar-refractivity contribution in [3.8, 4) is 0 Å². The van der Waals surface area contributed by atoms with E-state index in [2.05, 4.69) is 5.32 Å². The van der Waals surface area contributed by atoms with Crippen LogP contribution in [0.5, 0.6) is 0 Å². The number of carboxylic acid groups (broad SMARTS) is 1. The highest BCUT2D eigenvalue weighted by molar-refractivity contribution is 7.10. The molecule has 206 valence electrons. The number of carboxylic acids is 1. The number of carbonyl (C=O) groups is 3. The highest BCUT2D eigenvalue weighted by Crippen LogP contribution is 2.58. The van der Waals surface area contributed by atoms with Crippen LogP contribution in [0.15, 0.2) is 76.5 Å². The van der Waals surface area contributed by atoms with Crippen molar-refractivity contribution in [3.63, 3.8) is 0 Å². The minimum absolute atomic E-state index is 0.105. The lowest BCUT2D eigenvalue weighted by atomic mass is 9.74. The van der Waals surface area contributed by atoms with Gasteiger partial charge in [0.1, 0.15) is 17.1 Å². The lowest BCUT2D eigenvalue weighted by molar-refractivity contribution is -0.148. The third-order valence-corrected chi connectivity index (χ3v) is 8.79. The van der Waals surface area contributed by atoms with E-state index in [9.17, 15) is 23.9 Å². The van der Waals surface area contributed by atoms with Crippen LogP contribution in [-0.4, -0.2) is 33.3 Å². The number of urea groups is 1. The van der Waals surface area contributed by atoms with Gasteiger partial charge in [0.15, 0.2) is 5.76 Å². The van der Waals surface area contributed by atoms with Crippen LogP contribution in [0.1, 0.15) is 56.8 Å². The molecule has 4 aromatic rings. The molecular formula is C31H29FN2O5S. The molecular weight excluding hydrogens is 531 g/mol. The lowest BCUT2D eigenvalue weighted by Gasteiger charge is -2.37. The smallest absolute Gasteiger partial charge is 0.330 e. The third kappa shape index (κ3) is 4.60. The Kier molecular flexibility index (Phi) is 7.10. The number of furan rings is 1. The molecule has 0 aliphatic carbocycles. The Bertz CT molecular complexity index is 1590. The second-order valence-electron chi connectivity index (χ2n) is 10.4. The number of Topliss-reactive ketones (excluding diaryl/α,β-unsaturated/α-hetero) is 1. The molecule has 0 saturated carbocycles. The first-order chi connectivity index (χ1) is 19.0. The van der Waals surface area contributed by atoms with Gasteiger partial charge in [-0.25, -0.2) is 14.0 Å². The van der Waals surface area contributed by atoms with Gasteiger partial charge in [0.25, 0.3) is 0 Å². The molecule has 5 rings (SSSR count). The maximum Gasteiger partial charge on any atom is 0.330 e. The van der Waals surface area contributed by atoms with Crippen LogP contribution in [0.2, 0.25) is 0 Å². The number of benzene rings is 2. The van der Waals surface area contributed by atoms with E-state index in [-0.39, 0.29) is 11.5 Å². The number of thiophene rings is 1. The van der Waals surface area contributed by atoms with E-state index >= 15 is 0 Å². The van der Waals surface area contributed by atoms with Crippen molar-refractivity contribution < 1.29 is 28.3 Å². The number of aliphatic carboxylic acids is 1. The molecule has 4 atom stereocenters. The van der Waals surface area contributed by atoms with E-state index in [1.54, 1.807) is 25.1 Å². The van der Waals surface area contributed by atoms with E-state index in [0.29, 0.717) is 21.9 Å². The zero-order chi connectivity index (χ0) is 28.8. The van der Waals surface area contributed by atoms with Crippen molar-refractivity contribution in [2.45, 2.75) is 45.2 Å². The van der Waals surface area contributed by atoms with E-state index in [1.165, 1.54) is 47.4 Å². The van der Waals surface area contributed by atoms with Crippen LogP contribution in [0, 0.1) is 32.5 Å². The third-order valence-electron chi connectivity index (χ3n) is 7.68. The Labute approximate surface area is 235 Å². The topological polar surface area (TPSA) is 99.8 Å². The minimum atomic E-state index is -1.84. The summed E-state index contributed by atoms with van der Waals surface area (Å²) < 4.78 is 19.3. The van der Waals surface area contributed by atoms with Gasteiger partial charge in [0.05, 0.1) is 12.0 Å². The molecule has 1 saturated heterocycles. The number of rotatable bonds is 6. The van der Waals surface area contributed by atoms with Gasteiger partial charge in [0.2, 0.25) is 5.78 Å². The molecule has 7 nitrogen and oxygen atoms in total. The second kappa shape index (κ2) is 10.4. The molecule has 3 heterocycles. The summed E-state index contributed by atoms with van der Waals surface area (Å²) in [5.74, 6) is -3.33. The number of anilines is 1. The number of aryl methyl sites for hydroxylation is 3.